The molecular weight excluding hydrogens is 358 g/mol. The molecule has 0 saturated carbocycles. The molecule has 3 aromatic rings. The standard InChI is InChI=1S/C21H21N3O2S/c25-27(26,23-12-3-4-13-23)18-8-9-19-17(15-18)7-10-21(22-19)24-14-11-16-5-1-2-6-20(16)24/h1-2,5-10,15H,3-4,11-14H2. The normalized spacial score (nSPS) is 17.6. The van der Waals surface area contributed by atoms with Gasteiger partial charge in [-0.15, -0.1) is 0 Å². The molecule has 1 fully saturated rings. The van der Waals surface area contributed by atoms with Crippen molar-refractivity contribution in [3.8, 4) is 0 Å². The van der Waals surface area contributed by atoms with E-state index < -0.39 is 10.0 Å². The van der Waals surface area contributed by atoms with E-state index in [0.717, 1.165) is 42.5 Å². The molecule has 0 bridgehead atoms. The van der Waals surface area contributed by atoms with E-state index in [4.69, 9.17) is 4.98 Å². The van der Waals surface area contributed by atoms with Crippen LogP contribution >= 0.6 is 0 Å². The fraction of sp³-hybridized carbons (Fsp3) is 0.286. The third kappa shape index (κ3) is 2.80. The summed E-state index contributed by atoms with van der Waals surface area (Å²) in [6.07, 6.45) is 2.90. The summed E-state index contributed by atoms with van der Waals surface area (Å²) in [5, 5.41) is 0.853. The number of hydrogen-bond acceptors (Lipinski definition) is 4. The van der Waals surface area contributed by atoms with Gasteiger partial charge in [0, 0.05) is 30.7 Å². The number of benzene rings is 2. The van der Waals surface area contributed by atoms with Gasteiger partial charge in [-0.1, -0.05) is 18.2 Å². The maximum Gasteiger partial charge on any atom is 0.243 e. The molecule has 0 aliphatic carbocycles. The Kier molecular flexibility index (Phi) is 3.91. The van der Waals surface area contributed by atoms with Gasteiger partial charge in [-0.25, -0.2) is 13.4 Å². The van der Waals surface area contributed by atoms with Crippen LogP contribution in [-0.2, 0) is 16.4 Å². The Morgan fingerprint density at radius 2 is 1.70 bits per heavy atom. The lowest BCUT2D eigenvalue weighted by Gasteiger charge is -2.19. The highest BCUT2D eigenvalue weighted by atomic mass is 32.2. The number of sulfonamides is 1. The van der Waals surface area contributed by atoms with Gasteiger partial charge in [0.15, 0.2) is 0 Å². The van der Waals surface area contributed by atoms with Crippen molar-refractivity contribution in [1.29, 1.82) is 0 Å². The van der Waals surface area contributed by atoms with E-state index in [0.29, 0.717) is 18.0 Å². The van der Waals surface area contributed by atoms with Gasteiger partial charge in [-0.2, -0.15) is 4.31 Å². The molecule has 2 aromatic carbocycles. The summed E-state index contributed by atoms with van der Waals surface area (Å²) in [5.74, 6) is 0.905. The molecule has 0 unspecified atom stereocenters. The SMILES string of the molecule is O=S(=O)(c1ccc2nc(N3CCc4ccccc43)ccc2c1)N1CCCC1. The van der Waals surface area contributed by atoms with Crippen LogP contribution in [0.5, 0.6) is 0 Å². The van der Waals surface area contributed by atoms with Crippen LogP contribution in [0.15, 0.2) is 59.5 Å². The van der Waals surface area contributed by atoms with Gasteiger partial charge < -0.3 is 4.90 Å². The summed E-state index contributed by atoms with van der Waals surface area (Å²) < 4.78 is 27.2. The van der Waals surface area contributed by atoms with E-state index in [2.05, 4.69) is 23.1 Å². The van der Waals surface area contributed by atoms with Crippen LogP contribution in [0.4, 0.5) is 11.5 Å². The van der Waals surface area contributed by atoms with Crippen molar-refractivity contribution in [3.63, 3.8) is 0 Å². The van der Waals surface area contributed by atoms with E-state index in [-0.39, 0.29) is 0 Å². The molecule has 5 nitrogen and oxygen atoms in total. The molecule has 1 saturated heterocycles. The minimum atomic E-state index is -3.40. The van der Waals surface area contributed by atoms with Gasteiger partial charge in [0.1, 0.15) is 5.82 Å². The first-order valence-electron chi connectivity index (χ1n) is 9.39. The minimum Gasteiger partial charge on any atom is -0.326 e. The molecule has 3 heterocycles. The quantitative estimate of drug-likeness (QED) is 0.696. The average Bonchev–Trinajstić information content (AvgIpc) is 3.37. The van der Waals surface area contributed by atoms with Crippen LogP contribution < -0.4 is 4.90 Å². The number of para-hydroxylation sites is 1. The van der Waals surface area contributed by atoms with Gasteiger partial charge in [-0.05, 0) is 61.2 Å². The predicted octanol–water partition coefficient (Wildman–Crippen LogP) is 3.71. The van der Waals surface area contributed by atoms with Crippen LogP contribution in [0.1, 0.15) is 18.4 Å². The van der Waals surface area contributed by atoms with Crippen LogP contribution in [0.3, 0.4) is 0 Å². The largest absolute Gasteiger partial charge is 0.326 e. The summed E-state index contributed by atoms with van der Waals surface area (Å²) in [6.45, 7) is 2.15. The van der Waals surface area contributed by atoms with Crippen molar-refractivity contribution in [3.05, 3.63) is 60.2 Å². The van der Waals surface area contributed by atoms with E-state index in [1.165, 1.54) is 11.3 Å². The number of rotatable bonds is 3. The van der Waals surface area contributed by atoms with E-state index in [9.17, 15) is 8.42 Å². The Labute approximate surface area is 159 Å². The zero-order valence-corrected chi connectivity index (χ0v) is 15.8. The number of aromatic nitrogens is 1. The van der Waals surface area contributed by atoms with Crippen LogP contribution in [-0.4, -0.2) is 37.3 Å². The number of pyridine rings is 1. The van der Waals surface area contributed by atoms with Crippen molar-refractivity contribution in [1.82, 2.24) is 9.29 Å². The Hall–Kier alpha value is -2.44. The number of nitrogens with zero attached hydrogens (tertiary/aromatic N) is 3. The van der Waals surface area contributed by atoms with Crippen LogP contribution in [0.25, 0.3) is 10.9 Å². The molecule has 6 heteroatoms. The zero-order chi connectivity index (χ0) is 18.4. The highest BCUT2D eigenvalue weighted by Crippen LogP contribution is 2.34. The lowest BCUT2D eigenvalue weighted by molar-refractivity contribution is 0.477. The predicted molar refractivity (Wildman–Crippen MR) is 107 cm³/mol. The number of anilines is 2. The second kappa shape index (κ2) is 6.32. The van der Waals surface area contributed by atoms with Crippen molar-refractivity contribution < 1.29 is 8.42 Å². The molecule has 0 N–H and O–H groups in total. The number of fused-ring (bicyclic) bond motifs is 2. The molecule has 0 amide bonds. The molecule has 0 radical (unpaired) electrons. The van der Waals surface area contributed by atoms with Crippen molar-refractivity contribution in [2.75, 3.05) is 24.5 Å². The van der Waals surface area contributed by atoms with Crippen molar-refractivity contribution >= 4 is 32.4 Å². The van der Waals surface area contributed by atoms with Crippen molar-refractivity contribution in [2.24, 2.45) is 0 Å². The first-order chi connectivity index (χ1) is 13.1. The third-order valence-electron chi connectivity index (χ3n) is 5.51. The van der Waals surface area contributed by atoms with E-state index >= 15 is 0 Å². The van der Waals surface area contributed by atoms with Crippen molar-refractivity contribution in [2.45, 2.75) is 24.2 Å². The fourth-order valence-corrected chi connectivity index (χ4v) is 5.61. The summed E-state index contributed by atoms with van der Waals surface area (Å²) in [4.78, 5) is 7.38. The zero-order valence-electron chi connectivity index (χ0n) is 15.0. The Balaban J connectivity index is 1.51. The average molecular weight is 379 g/mol. The summed E-state index contributed by atoms with van der Waals surface area (Å²) in [6, 6.07) is 17.6. The summed E-state index contributed by atoms with van der Waals surface area (Å²) in [5.41, 5.74) is 3.36. The summed E-state index contributed by atoms with van der Waals surface area (Å²) >= 11 is 0. The molecular formula is C21H21N3O2S. The first kappa shape index (κ1) is 16.7. The van der Waals surface area contributed by atoms with Gasteiger partial charge in [0.05, 0.1) is 10.4 Å². The highest BCUT2D eigenvalue weighted by Gasteiger charge is 2.27. The topological polar surface area (TPSA) is 53.5 Å². The Bertz CT molecular complexity index is 1120. The smallest absolute Gasteiger partial charge is 0.243 e. The molecule has 0 spiro atoms. The first-order valence-corrected chi connectivity index (χ1v) is 10.8. The molecule has 2 aliphatic rings. The molecule has 5 rings (SSSR count). The van der Waals surface area contributed by atoms with Crippen LogP contribution in [0.2, 0.25) is 0 Å². The second-order valence-corrected chi connectivity index (χ2v) is 9.10. The molecule has 27 heavy (non-hydrogen) atoms. The lowest BCUT2D eigenvalue weighted by Crippen LogP contribution is -2.27. The highest BCUT2D eigenvalue weighted by molar-refractivity contribution is 7.89. The number of hydrogen-bond donors (Lipinski definition) is 0. The molecule has 1 aromatic heterocycles. The maximum absolute atomic E-state index is 12.8. The van der Waals surface area contributed by atoms with Gasteiger partial charge in [-0.3, -0.25) is 0 Å². The molecule has 0 atom stereocenters. The van der Waals surface area contributed by atoms with E-state index in [1.807, 2.05) is 24.3 Å². The van der Waals surface area contributed by atoms with Gasteiger partial charge in [0.2, 0.25) is 10.0 Å². The third-order valence-corrected chi connectivity index (χ3v) is 7.41. The van der Waals surface area contributed by atoms with Gasteiger partial charge in [0.25, 0.3) is 0 Å². The van der Waals surface area contributed by atoms with Crippen LogP contribution in [0, 0.1) is 0 Å². The Morgan fingerprint density at radius 1 is 0.889 bits per heavy atom. The fourth-order valence-electron chi connectivity index (χ4n) is 4.06. The Morgan fingerprint density at radius 3 is 2.56 bits per heavy atom. The van der Waals surface area contributed by atoms with E-state index in [1.54, 1.807) is 16.4 Å². The minimum absolute atomic E-state index is 0.359. The molecule has 2 aliphatic heterocycles. The van der Waals surface area contributed by atoms with Gasteiger partial charge >= 0.3 is 0 Å². The second-order valence-electron chi connectivity index (χ2n) is 7.17. The maximum atomic E-state index is 12.8. The monoisotopic (exact) mass is 379 g/mol. The lowest BCUT2D eigenvalue weighted by atomic mass is 10.2. The molecule has 138 valence electrons. The summed E-state index contributed by atoms with van der Waals surface area (Å²) in [7, 11) is -3.40.